The Morgan fingerprint density at radius 3 is 2.38 bits per heavy atom. The highest BCUT2D eigenvalue weighted by atomic mass is 16.5. The zero-order valence-electron chi connectivity index (χ0n) is 16.9. The fourth-order valence-electron chi connectivity index (χ4n) is 3.28. The summed E-state index contributed by atoms with van der Waals surface area (Å²) in [6.45, 7) is 5.01. The van der Waals surface area contributed by atoms with Gasteiger partial charge in [0.25, 0.3) is 11.8 Å². The third-order valence-corrected chi connectivity index (χ3v) is 4.60. The van der Waals surface area contributed by atoms with Gasteiger partial charge in [0.15, 0.2) is 6.61 Å². The third-order valence-electron chi connectivity index (χ3n) is 4.60. The average molecular weight is 398 g/mol. The van der Waals surface area contributed by atoms with Crippen molar-refractivity contribution in [3.05, 3.63) is 54.1 Å². The highest BCUT2D eigenvalue weighted by molar-refractivity contribution is 6.06. The second kappa shape index (κ2) is 9.43. The molecule has 2 aromatic carbocycles. The predicted molar refractivity (Wildman–Crippen MR) is 109 cm³/mol. The molecule has 154 valence electrons. The van der Waals surface area contributed by atoms with Crippen LogP contribution in [0, 0.1) is 0 Å². The van der Waals surface area contributed by atoms with Gasteiger partial charge in [0.05, 0.1) is 24.9 Å². The summed E-state index contributed by atoms with van der Waals surface area (Å²) in [4.78, 5) is 26.6. The van der Waals surface area contributed by atoms with Gasteiger partial charge in [-0.2, -0.15) is 0 Å². The molecule has 29 heavy (non-hydrogen) atoms. The summed E-state index contributed by atoms with van der Waals surface area (Å²) < 4.78 is 16.5. The third kappa shape index (κ3) is 5.48. The first-order valence-electron chi connectivity index (χ1n) is 9.56. The number of hydrogen-bond donors (Lipinski definition) is 1. The first-order valence-corrected chi connectivity index (χ1v) is 9.56. The van der Waals surface area contributed by atoms with Crippen molar-refractivity contribution < 1.29 is 23.8 Å². The number of ether oxygens (including phenoxy) is 3. The van der Waals surface area contributed by atoms with Crippen molar-refractivity contribution >= 4 is 17.5 Å². The van der Waals surface area contributed by atoms with Crippen LogP contribution in [0.4, 0.5) is 5.69 Å². The summed E-state index contributed by atoms with van der Waals surface area (Å²) in [6.07, 6.45) is 0.0441. The van der Waals surface area contributed by atoms with Crippen LogP contribution in [0.1, 0.15) is 24.2 Å². The Kier molecular flexibility index (Phi) is 6.72. The minimum atomic E-state index is -0.262. The Balaban J connectivity index is 1.53. The maximum Gasteiger partial charge on any atom is 0.260 e. The van der Waals surface area contributed by atoms with Crippen LogP contribution in [-0.2, 0) is 9.53 Å². The molecule has 0 saturated carbocycles. The minimum Gasteiger partial charge on any atom is -0.496 e. The number of rotatable bonds is 6. The fourth-order valence-corrected chi connectivity index (χ4v) is 3.28. The monoisotopic (exact) mass is 398 g/mol. The molecule has 2 atom stereocenters. The number of anilines is 1. The lowest BCUT2D eigenvalue weighted by Gasteiger charge is -2.35. The number of benzene rings is 2. The Hall–Kier alpha value is -3.06. The van der Waals surface area contributed by atoms with Gasteiger partial charge in [0.2, 0.25) is 0 Å². The van der Waals surface area contributed by atoms with Gasteiger partial charge < -0.3 is 24.4 Å². The maximum absolute atomic E-state index is 12.4. The lowest BCUT2D eigenvalue weighted by molar-refractivity contribution is -0.145. The van der Waals surface area contributed by atoms with Crippen molar-refractivity contribution in [3.63, 3.8) is 0 Å². The van der Waals surface area contributed by atoms with Crippen molar-refractivity contribution in [3.8, 4) is 11.5 Å². The molecule has 1 saturated heterocycles. The Morgan fingerprint density at radius 2 is 1.72 bits per heavy atom. The Morgan fingerprint density at radius 1 is 1.07 bits per heavy atom. The number of nitrogens with zero attached hydrogens (tertiary/aromatic N) is 1. The number of carbonyl (C=O) groups excluding carboxylic acids is 2. The molecule has 2 aromatic rings. The van der Waals surface area contributed by atoms with Gasteiger partial charge >= 0.3 is 0 Å². The molecule has 1 heterocycles. The van der Waals surface area contributed by atoms with E-state index in [2.05, 4.69) is 5.32 Å². The van der Waals surface area contributed by atoms with Crippen molar-refractivity contribution in [2.75, 3.05) is 32.1 Å². The molecule has 7 nitrogen and oxygen atoms in total. The SMILES string of the molecule is COc1ccccc1C(=O)Nc1ccc(OCC(=O)N2C[C@@H](C)O[C@H](C)C2)cc1. The van der Waals surface area contributed by atoms with E-state index in [1.165, 1.54) is 7.11 Å². The van der Waals surface area contributed by atoms with E-state index >= 15 is 0 Å². The molecule has 0 aromatic heterocycles. The number of morpholine rings is 1. The Labute approximate surface area is 170 Å². The Bertz CT molecular complexity index is 843. The summed E-state index contributed by atoms with van der Waals surface area (Å²) in [5, 5.41) is 2.82. The second-order valence-corrected chi connectivity index (χ2v) is 7.02. The molecule has 0 radical (unpaired) electrons. The maximum atomic E-state index is 12.4. The van der Waals surface area contributed by atoms with Gasteiger partial charge in [-0.3, -0.25) is 9.59 Å². The average Bonchev–Trinajstić information content (AvgIpc) is 2.72. The molecule has 0 unspecified atom stereocenters. The second-order valence-electron chi connectivity index (χ2n) is 7.02. The molecular formula is C22H26N2O5. The van der Waals surface area contributed by atoms with Gasteiger partial charge in [0.1, 0.15) is 11.5 Å². The number of carbonyl (C=O) groups is 2. The van der Waals surface area contributed by atoms with Crippen LogP contribution in [0.2, 0.25) is 0 Å². The molecule has 1 aliphatic rings. The minimum absolute atomic E-state index is 0.0221. The van der Waals surface area contributed by atoms with Gasteiger partial charge in [-0.15, -0.1) is 0 Å². The normalized spacial score (nSPS) is 18.8. The van der Waals surface area contributed by atoms with Crippen LogP contribution in [0.15, 0.2) is 48.5 Å². The van der Waals surface area contributed by atoms with Crippen LogP contribution >= 0.6 is 0 Å². The van der Waals surface area contributed by atoms with Crippen LogP contribution in [0.3, 0.4) is 0 Å². The fraction of sp³-hybridized carbons (Fsp3) is 0.364. The van der Waals surface area contributed by atoms with Gasteiger partial charge in [-0.05, 0) is 50.2 Å². The summed E-state index contributed by atoms with van der Waals surface area (Å²) in [5.74, 6) is 0.737. The lowest BCUT2D eigenvalue weighted by atomic mass is 10.2. The van der Waals surface area contributed by atoms with E-state index in [4.69, 9.17) is 14.2 Å². The summed E-state index contributed by atoms with van der Waals surface area (Å²) >= 11 is 0. The highest BCUT2D eigenvalue weighted by Crippen LogP contribution is 2.21. The van der Waals surface area contributed by atoms with Crippen LogP contribution in [-0.4, -0.2) is 55.7 Å². The summed E-state index contributed by atoms with van der Waals surface area (Å²) in [5.41, 5.74) is 1.07. The first kappa shape index (κ1) is 20.7. The molecule has 0 bridgehead atoms. The number of amides is 2. The largest absolute Gasteiger partial charge is 0.496 e. The zero-order chi connectivity index (χ0) is 20.8. The number of hydrogen-bond acceptors (Lipinski definition) is 5. The van der Waals surface area contributed by atoms with Crippen molar-refractivity contribution in [2.24, 2.45) is 0 Å². The standard InChI is InChI=1S/C22H26N2O5/c1-15-12-24(13-16(2)29-15)21(25)14-28-18-10-8-17(9-11-18)23-22(26)19-6-4-5-7-20(19)27-3/h4-11,15-16H,12-14H2,1-3H3,(H,23,26)/t15-,16-/m1/s1. The highest BCUT2D eigenvalue weighted by Gasteiger charge is 2.26. The van der Waals surface area contributed by atoms with E-state index in [1.807, 2.05) is 13.8 Å². The van der Waals surface area contributed by atoms with E-state index < -0.39 is 0 Å². The molecule has 7 heteroatoms. The van der Waals surface area contributed by atoms with E-state index in [-0.39, 0.29) is 30.6 Å². The van der Waals surface area contributed by atoms with Gasteiger partial charge in [-0.1, -0.05) is 12.1 Å². The lowest BCUT2D eigenvalue weighted by Crippen LogP contribution is -2.49. The van der Waals surface area contributed by atoms with Gasteiger partial charge in [-0.25, -0.2) is 0 Å². The van der Waals surface area contributed by atoms with E-state index in [0.29, 0.717) is 35.8 Å². The van der Waals surface area contributed by atoms with Crippen molar-refractivity contribution in [1.29, 1.82) is 0 Å². The summed E-state index contributed by atoms with van der Waals surface area (Å²) in [7, 11) is 1.53. The molecule has 3 rings (SSSR count). The molecule has 1 N–H and O–H groups in total. The molecule has 2 amide bonds. The number of para-hydroxylation sites is 1. The van der Waals surface area contributed by atoms with Crippen LogP contribution in [0.25, 0.3) is 0 Å². The number of nitrogens with one attached hydrogen (secondary N) is 1. The van der Waals surface area contributed by atoms with Crippen molar-refractivity contribution in [1.82, 2.24) is 4.90 Å². The van der Waals surface area contributed by atoms with Crippen molar-refractivity contribution in [2.45, 2.75) is 26.1 Å². The smallest absolute Gasteiger partial charge is 0.260 e. The first-order chi connectivity index (χ1) is 14.0. The van der Waals surface area contributed by atoms with Crippen LogP contribution < -0.4 is 14.8 Å². The molecular weight excluding hydrogens is 372 g/mol. The van der Waals surface area contributed by atoms with Gasteiger partial charge in [0, 0.05) is 18.8 Å². The van der Waals surface area contributed by atoms with E-state index in [1.54, 1.807) is 53.4 Å². The topological polar surface area (TPSA) is 77.1 Å². The summed E-state index contributed by atoms with van der Waals surface area (Å²) in [6, 6.07) is 13.9. The quantitative estimate of drug-likeness (QED) is 0.810. The molecule has 1 fully saturated rings. The van der Waals surface area contributed by atoms with E-state index in [0.717, 1.165) is 0 Å². The molecule has 0 spiro atoms. The van der Waals surface area contributed by atoms with Crippen LogP contribution in [0.5, 0.6) is 11.5 Å². The molecule has 1 aliphatic heterocycles. The van der Waals surface area contributed by atoms with E-state index in [9.17, 15) is 9.59 Å². The molecule has 0 aliphatic carbocycles. The zero-order valence-corrected chi connectivity index (χ0v) is 16.9. The predicted octanol–water partition coefficient (Wildman–Crippen LogP) is 2.96. The number of methoxy groups -OCH3 is 1.